The summed E-state index contributed by atoms with van der Waals surface area (Å²) >= 11 is 7.69. The SMILES string of the molecule is CCCCCCC(C)(C)c1ccc(Cl)s1. The summed E-state index contributed by atoms with van der Waals surface area (Å²) in [5.74, 6) is 0. The van der Waals surface area contributed by atoms with Gasteiger partial charge in [-0.3, -0.25) is 0 Å². The molecule has 0 radical (unpaired) electrons. The molecule has 1 aromatic heterocycles. The van der Waals surface area contributed by atoms with Crippen LogP contribution >= 0.6 is 22.9 Å². The molecule has 1 aromatic rings. The second-order valence-corrected chi connectivity index (χ2v) is 6.51. The third kappa shape index (κ3) is 4.16. The van der Waals surface area contributed by atoms with Gasteiger partial charge >= 0.3 is 0 Å². The van der Waals surface area contributed by atoms with Gasteiger partial charge in [0.25, 0.3) is 0 Å². The van der Waals surface area contributed by atoms with E-state index >= 15 is 0 Å². The van der Waals surface area contributed by atoms with Crippen LogP contribution in [0.4, 0.5) is 0 Å². The van der Waals surface area contributed by atoms with Gasteiger partial charge in [0.05, 0.1) is 4.34 Å². The van der Waals surface area contributed by atoms with Crippen LogP contribution in [0, 0.1) is 0 Å². The Kier molecular flexibility index (Phi) is 5.14. The van der Waals surface area contributed by atoms with Crippen LogP contribution in [0.2, 0.25) is 4.34 Å². The van der Waals surface area contributed by atoms with Crippen LogP contribution in [-0.2, 0) is 5.41 Å². The van der Waals surface area contributed by atoms with Crippen molar-refractivity contribution in [1.82, 2.24) is 0 Å². The second-order valence-electron chi connectivity index (χ2n) is 4.80. The van der Waals surface area contributed by atoms with E-state index in [2.05, 4.69) is 26.8 Å². The average Bonchev–Trinajstić information content (AvgIpc) is 2.60. The van der Waals surface area contributed by atoms with E-state index in [0.29, 0.717) is 5.41 Å². The number of thiophene rings is 1. The van der Waals surface area contributed by atoms with E-state index in [1.807, 2.05) is 6.07 Å². The summed E-state index contributed by atoms with van der Waals surface area (Å²) in [6.45, 7) is 6.90. The van der Waals surface area contributed by atoms with Crippen molar-refractivity contribution in [2.45, 2.75) is 58.3 Å². The minimum atomic E-state index is 0.297. The van der Waals surface area contributed by atoms with E-state index in [0.717, 1.165) is 4.34 Å². The molecule has 0 amide bonds. The van der Waals surface area contributed by atoms with Crippen LogP contribution in [0.25, 0.3) is 0 Å². The largest absolute Gasteiger partial charge is 0.128 e. The molecule has 0 aliphatic carbocycles. The highest BCUT2D eigenvalue weighted by molar-refractivity contribution is 7.16. The van der Waals surface area contributed by atoms with E-state index in [1.54, 1.807) is 11.3 Å². The molecule has 86 valence electrons. The summed E-state index contributed by atoms with van der Waals surface area (Å²) in [6, 6.07) is 4.18. The standard InChI is InChI=1S/C13H21ClS/c1-4-5-6-7-10-13(2,3)11-8-9-12(14)15-11/h8-9H,4-7,10H2,1-3H3. The first kappa shape index (κ1) is 13.1. The molecule has 0 spiro atoms. The summed E-state index contributed by atoms with van der Waals surface area (Å²) in [7, 11) is 0. The molecule has 0 aliphatic rings. The average molecular weight is 245 g/mol. The van der Waals surface area contributed by atoms with Gasteiger partial charge in [-0.2, -0.15) is 0 Å². The molecule has 15 heavy (non-hydrogen) atoms. The Labute approximate surface area is 103 Å². The fourth-order valence-corrected chi connectivity index (χ4v) is 2.97. The van der Waals surface area contributed by atoms with Gasteiger partial charge in [0, 0.05) is 4.88 Å². The maximum absolute atomic E-state index is 5.97. The van der Waals surface area contributed by atoms with Gasteiger partial charge in [0.1, 0.15) is 0 Å². The van der Waals surface area contributed by atoms with Crippen molar-refractivity contribution in [1.29, 1.82) is 0 Å². The monoisotopic (exact) mass is 244 g/mol. The highest BCUT2D eigenvalue weighted by Gasteiger charge is 2.21. The molecule has 0 bridgehead atoms. The molecule has 0 aromatic carbocycles. The van der Waals surface area contributed by atoms with Crippen LogP contribution in [-0.4, -0.2) is 0 Å². The first-order valence-corrected chi connectivity index (χ1v) is 7.01. The minimum absolute atomic E-state index is 0.297. The van der Waals surface area contributed by atoms with E-state index in [-0.39, 0.29) is 0 Å². The fourth-order valence-electron chi connectivity index (χ4n) is 1.79. The number of rotatable bonds is 6. The van der Waals surface area contributed by atoms with Crippen molar-refractivity contribution < 1.29 is 0 Å². The zero-order valence-corrected chi connectivity index (χ0v) is 11.5. The summed E-state index contributed by atoms with van der Waals surface area (Å²) in [4.78, 5) is 1.42. The van der Waals surface area contributed by atoms with Crippen molar-refractivity contribution in [3.05, 3.63) is 21.3 Å². The van der Waals surface area contributed by atoms with Gasteiger partial charge in [-0.1, -0.05) is 58.1 Å². The molecule has 2 heteroatoms. The molecule has 0 N–H and O–H groups in total. The topological polar surface area (TPSA) is 0 Å². The van der Waals surface area contributed by atoms with E-state index in [4.69, 9.17) is 11.6 Å². The van der Waals surface area contributed by atoms with E-state index in [9.17, 15) is 0 Å². The van der Waals surface area contributed by atoms with Gasteiger partial charge in [-0.15, -0.1) is 11.3 Å². The summed E-state index contributed by atoms with van der Waals surface area (Å²) in [5.41, 5.74) is 0.297. The number of hydrogen-bond acceptors (Lipinski definition) is 1. The molecular formula is C13H21ClS. The molecule has 1 rings (SSSR count). The summed E-state index contributed by atoms with van der Waals surface area (Å²) in [6.07, 6.45) is 6.63. The predicted octanol–water partition coefficient (Wildman–Crippen LogP) is 5.65. The lowest BCUT2D eigenvalue weighted by molar-refractivity contribution is 0.453. The van der Waals surface area contributed by atoms with Crippen molar-refractivity contribution in [3.63, 3.8) is 0 Å². The van der Waals surface area contributed by atoms with Crippen LogP contribution in [0.1, 0.15) is 57.8 Å². The number of hydrogen-bond donors (Lipinski definition) is 0. The van der Waals surface area contributed by atoms with Gasteiger partial charge in [-0.25, -0.2) is 0 Å². The van der Waals surface area contributed by atoms with Gasteiger partial charge in [-0.05, 0) is 24.0 Å². The summed E-state index contributed by atoms with van der Waals surface area (Å²) in [5, 5.41) is 0. The lowest BCUT2D eigenvalue weighted by atomic mass is 9.85. The number of unbranched alkanes of at least 4 members (excludes halogenated alkanes) is 3. The van der Waals surface area contributed by atoms with Crippen molar-refractivity contribution in [2.24, 2.45) is 0 Å². The minimum Gasteiger partial charge on any atom is -0.128 e. The van der Waals surface area contributed by atoms with Crippen molar-refractivity contribution >= 4 is 22.9 Å². The molecule has 0 saturated heterocycles. The van der Waals surface area contributed by atoms with E-state index < -0.39 is 0 Å². The Morgan fingerprint density at radius 3 is 2.47 bits per heavy atom. The second kappa shape index (κ2) is 5.91. The zero-order chi connectivity index (χ0) is 11.3. The Hall–Kier alpha value is -0.0100. The van der Waals surface area contributed by atoms with Crippen LogP contribution < -0.4 is 0 Å². The van der Waals surface area contributed by atoms with Crippen molar-refractivity contribution in [3.8, 4) is 0 Å². The Balaban J connectivity index is 2.44. The molecule has 0 atom stereocenters. The number of halogens is 1. The summed E-state index contributed by atoms with van der Waals surface area (Å²) < 4.78 is 0.909. The molecule has 0 fully saturated rings. The van der Waals surface area contributed by atoms with Gasteiger partial charge < -0.3 is 0 Å². The third-order valence-corrected chi connectivity index (χ3v) is 4.49. The maximum Gasteiger partial charge on any atom is 0.0931 e. The first-order valence-electron chi connectivity index (χ1n) is 5.82. The Morgan fingerprint density at radius 1 is 1.20 bits per heavy atom. The van der Waals surface area contributed by atoms with E-state index in [1.165, 1.54) is 37.0 Å². The van der Waals surface area contributed by atoms with Gasteiger partial charge in [0.2, 0.25) is 0 Å². The molecule has 0 saturated carbocycles. The molecule has 1 heterocycles. The maximum atomic E-state index is 5.97. The quantitative estimate of drug-likeness (QED) is 0.568. The van der Waals surface area contributed by atoms with Gasteiger partial charge in [0.15, 0.2) is 0 Å². The Morgan fingerprint density at radius 2 is 1.93 bits per heavy atom. The molecule has 0 unspecified atom stereocenters. The normalized spacial score (nSPS) is 12.0. The third-order valence-electron chi connectivity index (χ3n) is 2.90. The molecular weight excluding hydrogens is 224 g/mol. The lowest BCUT2D eigenvalue weighted by Crippen LogP contribution is -2.14. The zero-order valence-electron chi connectivity index (χ0n) is 9.98. The van der Waals surface area contributed by atoms with Crippen LogP contribution in [0.15, 0.2) is 12.1 Å². The smallest absolute Gasteiger partial charge is 0.0931 e. The highest BCUT2D eigenvalue weighted by Crippen LogP contribution is 2.35. The predicted molar refractivity (Wildman–Crippen MR) is 71.1 cm³/mol. The lowest BCUT2D eigenvalue weighted by Gasteiger charge is -2.23. The fraction of sp³-hybridized carbons (Fsp3) is 0.692. The Bertz CT molecular complexity index is 288. The molecule has 0 nitrogen and oxygen atoms in total. The molecule has 0 aliphatic heterocycles. The first-order chi connectivity index (χ1) is 7.06. The van der Waals surface area contributed by atoms with Crippen LogP contribution in [0.3, 0.4) is 0 Å². The highest BCUT2D eigenvalue weighted by atomic mass is 35.5. The van der Waals surface area contributed by atoms with Crippen LogP contribution in [0.5, 0.6) is 0 Å². The van der Waals surface area contributed by atoms with Crippen molar-refractivity contribution in [2.75, 3.05) is 0 Å².